The van der Waals surface area contributed by atoms with E-state index < -0.39 is 15.9 Å². The Hall–Kier alpha value is -4.42. The van der Waals surface area contributed by atoms with Gasteiger partial charge < -0.3 is 26.0 Å². The smallest absolute Gasteiger partial charge is 0.255 e. The Morgan fingerprint density at radius 3 is 2.42 bits per heavy atom. The first-order chi connectivity index (χ1) is 22.6. The lowest BCUT2D eigenvalue weighted by molar-refractivity contribution is 0.102. The number of aryl methyl sites for hydroxylation is 1. The summed E-state index contributed by atoms with van der Waals surface area (Å²) in [4.78, 5) is 25.5. The minimum atomic E-state index is -3.62. The molecule has 2 aromatic rings. The lowest BCUT2D eigenvalue weighted by Crippen LogP contribution is -2.34. The van der Waals surface area contributed by atoms with Gasteiger partial charge in [-0.1, -0.05) is 40.3 Å². The van der Waals surface area contributed by atoms with E-state index in [1.807, 2.05) is 45.9 Å². The number of aliphatic imine (C=N–C) groups is 2. The van der Waals surface area contributed by atoms with Gasteiger partial charge in [-0.15, -0.1) is 0 Å². The van der Waals surface area contributed by atoms with Crippen molar-refractivity contribution in [2.24, 2.45) is 21.6 Å². The van der Waals surface area contributed by atoms with E-state index in [0.29, 0.717) is 40.1 Å². The van der Waals surface area contributed by atoms with Gasteiger partial charge in [0.1, 0.15) is 11.5 Å². The summed E-state index contributed by atoms with van der Waals surface area (Å²) >= 11 is 0. The summed E-state index contributed by atoms with van der Waals surface area (Å²) in [5.41, 5.74) is 11.6. The van der Waals surface area contributed by atoms with Crippen LogP contribution in [0.15, 0.2) is 76.8 Å². The number of sulfonamides is 1. The van der Waals surface area contributed by atoms with E-state index in [9.17, 15) is 13.2 Å². The molecule has 5 N–H and O–H groups in total. The van der Waals surface area contributed by atoms with Gasteiger partial charge in [0.2, 0.25) is 10.0 Å². The number of hydrogen-bond acceptors (Lipinski definition) is 9. The minimum absolute atomic E-state index is 0.199. The molecule has 11 nitrogen and oxygen atoms in total. The number of nitrogens with two attached hydrogens (primary N) is 1. The van der Waals surface area contributed by atoms with Crippen LogP contribution < -0.4 is 25.8 Å². The Balaban J connectivity index is 1.62. The minimum Gasteiger partial charge on any atom is -0.492 e. The van der Waals surface area contributed by atoms with Crippen LogP contribution in [0.5, 0.6) is 5.75 Å². The van der Waals surface area contributed by atoms with Gasteiger partial charge >= 0.3 is 0 Å². The standard InChI is InChI=1S/C36H49N7O4S/c1-9-38-28-14-13-27(19-24-15-17-43(10-2)18-16-24)39-32(28)34(37)40-29-20-25(12-11-23(29)3)35(44)41-30-21-26(36(4,5)6)22-31(33(30)47-7)42-48(8,45)46/h9,11-14,20-22,24,40,42H,1,10,15-19,37H2,2-8H3,(H,41,44)/b34-32-,38-28-. The van der Waals surface area contributed by atoms with Crippen molar-refractivity contribution in [1.29, 1.82) is 0 Å². The monoisotopic (exact) mass is 675 g/mol. The molecule has 1 saturated heterocycles. The third kappa shape index (κ3) is 9.35. The first-order valence-electron chi connectivity index (χ1n) is 16.2. The number of piperidine rings is 1. The number of nitrogens with one attached hydrogen (secondary N) is 3. The zero-order valence-electron chi connectivity index (χ0n) is 29.1. The van der Waals surface area contributed by atoms with Gasteiger partial charge in [-0.3, -0.25) is 14.5 Å². The Labute approximate surface area is 285 Å². The van der Waals surface area contributed by atoms with E-state index in [2.05, 4.69) is 38.8 Å². The van der Waals surface area contributed by atoms with E-state index in [4.69, 9.17) is 15.5 Å². The van der Waals surface area contributed by atoms with E-state index in [0.717, 1.165) is 62.0 Å². The number of benzene rings is 2. The van der Waals surface area contributed by atoms with Gasteiger partial charge in [-0.2, -0.15) is 0 Å². The molecule has 0 unspecified atom stereocenters. The molecule has 4 rings (SSSR count). The normalized spacial score (nSPS) is 17.9. The number of carbonyl (C=O) groups excluding carboxylic acids is 1. The van der Waals surface area contributed by atoms with E-state index in [1.54, 1.807) is 24.3 Å². The second kappa shape index (κ2) is 15.2. The number of ether oxygens (including phenoxy) is 1. The quantitative estimate of drug-likeness (QED) is 0.222. The summed E-state index contributed by atoms with van der Waals surface area (Å²) in [5.74, 6) is 0.644. The van der Waals surface area contributed by atoms with Crippen molar-refractivity contribution in [3.8, 4) is 5.75 Å². The number of carbonyl (C=O) groups is 1. The van der Waals surface area contributed by atoms with Gasteiger partial charge in [-0.05, 0) is 105 Å². The fourth-order valence-electron chi connectivity index (χ4n) is 5.76. The van der Waals surface area contributed by atoms with Crippen LogP contribution in [-0.2, 0) is 15.4 Å². The first-order valence-corrected chi connectivity index (χ1v) is 18.1. The molecule has 0 radical (unpaired) electrons. The second-order valence-corrected chi connectivity index (χ2v) is 15.1. The molecular weight excluding hydrogens is 627 g/mol. The van der Waals surface area contributed by atoms with Crippen molar-refractivity contribution in [3.05, 3.63) is 83.5 Å². The number of nitrogens with zero attached hydrogens (tertiary/aromatic N) is 3. The van der Waals surface area contributed by atoms with Gasteiger partial charge in [0, 0.05) is 23.2 Å². The number of dihydropyridines is 1. The number of hydrogen-bond donors (Lipinski definition) is 4. The molecule has 0 aromatic heterocycles. The van der Waals surface area contributed by atoms with Crippen LogP contribution in [0.25, 0.3) is 0 Å². The largest absolute Gasteiger partial charge is 0.492 e. The second-order valence-electron chi connectivity index (χ2n) is 13.3. The van der Waals surface area contributed by atoms with Crippen LogP contribution >= 0.6 is 0 Å². The number of rotatable bonds is 11. The highest BCUT2D eigenvalue weighted by Gasteiger charge is 2.24. The molecular formula is C36H49N7O4S. The topological polar surface area (TPSA) is 151 Å². The van der Waals surface area contributed by atoms with E-state index in [-0.39, 0.29) is 16.9 Å². The van der Waals surface area contributed by atoms with Crippen molar-refractivity contribution >= 4 is 44.4 Å². The molecule has 0 atom stereocenters. The Kier molecular flexibility index (Phi) is 11.5. The summed E-state index contributed by atoms with van der Waals surface area (Å²) in [7, 11) is -2.20. The fourth-order valence-corrected chi connectivity index (χ4v) is 6.31. The molecule has 12 heteroatoms. The lowest BCUT2D eigenvalue weighted by Gasteiger charge is -2.31. The lowest BCUT2D eigenvalue weighted by atomic mass is 9.86. The van der Waals surface area contributed by atoms with Crippen molar-refractivity contribution in [2.75, 3.05) is 48.4 Å². The van der Waals surface area contributed by atoms with Crippen LogP contribution in [-0.4, -0.2) is 63.6 Å². The van der Waals surface area contributed by atoms with Crippen molar-refractivity contribution in [2.45, 2.75) is 59.3 Å². The average Bonchev–Trinajstić information content (AvgIpc) is 3.02. The molecule has 48 heavy (non-hydrogen) atoms. The zero-order valence-corrected chi connectivity index (χ0v) is 29.9. The zero-order chi connectivity index (χ0) is 35.2. The summed E-state index contributed by atoms with van der Waals surface area (Å²) in [6.07, 6.45) is 9.58. The molecule has 0 aliphatic carbocycles. The number of methoxy groups -OCH3 is 1. The number of likely N-dealkylation sites (tertiary alicyclic amines) is 1. The van der Waals surface area contributed by atoms with Crippen LogP contribution in [0.3, 0.4) is 0 Å². The van der Waals surface area contributed by atoms with E-state index in [1.165, 1.54) is 13.3 Å². The number of amides is 1. The Morgan fingerprint density at radius 2 is 1.81 bits per heavy atom. The molecule has 0 spiro atoms. The SMILES string of the molecule is C=C/N=C1/C=CC(CC2CCN(CC)CC2)=N/C1=C(/N)Nc1cc(C(=O)Nc2cc(C(C)(C)C)cc(NS(C)(=O)=O)c2OC)ccc1C. The molecule has 2 heterocycles. The maximum atomic E-state index is 13.7. The molecule has 2 aliphatic rings. The van der Waals surface area contributed by atoms with E-state index >= 15 is 0 Å². The number of allylic oxidation sites excluding steroid dienone is 2. The summed E-state index contributed by atoms with van der Waals surface area (Å²) in [6, 6.07) is 8.75. The van der Waals surface area contributed by atoms with Crippen molar-refractivity contribution in [1.82, 2.24) is 4.90 Å². The molecule has 0 bridgehead atoms. The molecule has 1 fully saturated rings. The third-order valence-corrected chi connectivity index (χ3v) is 9.13. The fraction of sp³-hybridized carbons (Fsp3) is 0.417. The highest BCUT2D eigenvalue weighted by Crippen LogP contribution is 2.39. The summed E-state index contributed by atoms with van der Waals surface area (Å²) in [5, 5.41) is 6.19. The third-order valence-electron chi connectivity index (χ3n) is 8.54. The molecule has 2 aromatic carbocycles. The highest BCUT2D eigenvalue weighted by atomic mass is 32.2. The summed E-state index contributed by atoms with van der Waals surface area (Å²) < 4.78 is 32.4. The van der Waals surface area contributed by atoms with Gasteiger partial charge in [0.25, 0.3) is 5.91 Å². The van der Waals surface area contributed by atoms with Crippen molar-refractivity contribution < 1.29 is 17.9 Å². The summed E-state index contributed by atoms with van der Waals surface area (Å²) in [6.45, 7) is 17.1. The Morgan fingerprint density at radius 1 is 1.12 bits per heavy atom. The van der Waals surface area contributed by atoms with Gasteiger partial charge in [0.15, 0.2) is 5.75 Å². The Bertz CT molecular complexity index is 1780. The van der Waals surface area contributed by atoms with Crippen LogP contribution in [0.1, 0.15) is 68.4 Å². The molecule has 258 valence electrons. The predicted molar refractivity (Wildman–Crippen MR) is 198 cm³/mol. The maximum Gasteiger partial charge on any atom is 0.255 e. The van der Waals surface area contributed by atoms with Gasteiger partial charge in [-0.25, -0.2) is 13.4 Å². The highest BCUT2D eigenvalue weighted by molar-refractivity contribution is 7.92. The van der Waals surface area contributed by atoms with Crippen LogP contribution in [0.2, 0.25) is 0 Å². The predicted octanol–water partition coefficient (Wildman–Crippen LogP) is 6.18. The van der Waals surface area contributed by atoms with Gasteiger partial charge in [0.05, 0.1) is 30.5 Å². The van der Waals surface area contributed by atoms with Crippen LogP contribution in [0, 0.1) is 12.8 Å². The van der Waals surface area contributed by atoms with Crippen molar-refractivity contribution in [3.63, 3.8) is 0 Å². The van der Waals surface area contributed by atoms with Crippen LogP contribution in [0.4, 0.5) is 17.1 Å². The maximum absolute atomic E-state index is 13.7. The number of anilines is 3. The molecule has 1 amide bonds. The average molecular weight is 676 g/mol. The first kappa shape index (κ1) is 36.4. The molecule has 0 saturated carbocycles. The molecule has 2 aliphatic heterocycles.